The second-order valence-corrected chi connectivity index (χ2v) is 6.66. The molecule has 3 nitrogen and oxygen atoms in total. The molecular weight excluding hydrogens is 242 g/mol. The number of aromatic nitrogens is 1. The monoisotopic (exact) mass is 267 g/mol. The summed E-state index contributed by atoms with van der Waals surface area (Å²) in [6.07, 6.45) is 5.64. The van der Waals surface area contributed by atoms with Gasteiger partial charge in [0, 0.05) is 23.2 Å². The molecule has 0 bridgehead atoms. The van der Waals surface area contributed by atoms with Crippen molar-refractivity contribution in [3.63, 3.8) is 0 Å². The molecule has 1 aliphatic rings. The molecule has 0 aromatic carbocycles. The van der Waals surface area contributed by atoms with Gasteiger partial charge < -0.3 is 5.32 Å². The molecule has 1 saturated heterocycles. The molecule has 0 unspecified atom stereocenters. The fourth-order valence-corrected chi connectivity index (χ4v) is 3.57. The molecule has 18 heavy (non-hydrogen) atoms. The molecule has 0 spiro atoms. The predicted molar refractivity (Wildman–Crippen MR) is 78.1 cm³/mol. The highest BCUT2D eigenvalue weighted by Gasteiger charge is 2.30. The van der Waals surface area contributed by atoms with E-state index < -0.39 is 0 Å². The normalized spacial score (nSPS) is 20.8. The van der Waals surface area contributed by atoms with E-state index in [1.54, 1.807) is 0 Å². The van der Waals surface area contributed by atoms with E-state index in [9.17, 15) is 0 Å². The van der Waals surface area contributed by atoms with Crippen molar-refractivity contribution in [3.05, 3.63) is 16.1 Å². The highest BCUT2D eigenvalue weighted by molar-refractivity contribution is 7.11. The van der Waals surface area contributed by atoms with Crippen molar-refractivity contribution in [2.75, 3.05) is 19.6 Å². The summed E-state index contributed by atoms with van der Waals surface area (Å²) in [5.41, 5.74) is 0.308. The Balaban J connectivity index is 2.03. The van der Waals surface area contributed by atoms with Gasteiger partial charge in [0.2, 0.25) is 0 Å². The number of nitrogens with one attached hydrogen (secondary N) is 1. The van der Waals surface area contributed by atoms with Gasteiger partial charge in [-0.3, -0.25) is 4.90 Å². The first-order valence-corrected chi connectivity index (χ1v) is 7.88. The summed E-state index contributed by atoms with van der Waals surface area (Å²) in [6, 6.07) is 0. The van der Waals surface area contributed by atoms with Crippen LogP contribution in [-0.4, -0.2) is 35.1 Å². The van der Waals surface area contributed by atoms with E-state index in [0.29, 0.717) is 5.54 Å². The third kappa shape index (κ3) is 3.31. The van der Waals surface area contributed by atoms with Gasteiger partial charge >= 0.3 is 0 Å². The maximum Gasteiger partial charge on any atom is 0.107 e. The number of thiazole rings is 1. The summed E-state index contributed by atoms with van der Waals surface area (Å²) >= 11 is 1.83. The van der Waals surface area contributed by atoms with Gasteiger partial charge in [-0.1, -0.05) is 13.8 Å². The maximum absolute atomic E-state index is 4.50. The van der Waals surface area contributed by atoms with Crippen LogP contribution in [-0.2, 0) is 6.54 Å². The molecule has 0 aliphatic carbocycles. The van der Waals surface area contributed by atoms with Crippen LogP contribution in [0, 0.1) is 6.92 Å². The first-order chi connectivity index (χ1) is 8.67. The Bertz CT molecular complexity index is 371. The van der Waals surface area contributed by atoms with E-state index >= 15 is 0 Å². The molecule has 1 aromatic rings. The van der Waals surface area contributed by atoms with E-state index in [4.69, 9.17) is 0 Å². The quantitative estimate of drug-likeness (QED) is 0.909. The first kappa shape index (κ1) is 14.0. The number of hydrogen-bond donors (Lipinski definition) is 1. The van der Waals surface area contributed by atoms with E-state index in [-0.39, 0.29) is 0 Å². The second kappa shape index (κ2) is 6.13. The van der Waals surface area contributed by atoms with Crippen molar-refractivity contribution in [2.24, 2.45) is 0 Å². The van der Waals surface area contributed by atoms with Crippen LogP contribution in [0.25, 0.3) is 0 Å². The summed E-state index contributed by atoms with van der Waals surface area (Å²) < 4.78 is 0. The average molecular weight is 267 g/mol. The van der Waals surface area contributed by atoms with Gasteiger partial charge in [0.25, 0.3) is 0 Å². The lowest BCUT2D eigenvalue weighted by Crippen LogP contribution is -2.50. The summed E-state index contributed by atoms with van der Waals surface area (Å²) in [7, 11) is 0. The van der Waals surface area contributed by atoms with Crippen LogP contribution in [0.4, 0.5) is 0 Å². The molecule has 0 saturated carbocycles. The molecule has 1 N–H and O–H groups in total. The highest BCUT2D eigenvalue weighted by atomic mass is 32.1. The zero-order valence-electron chi connectivity index (χ0n) is 11.8. The zero-order valence-corrected chi connectivity index (χ0v) is 12.6. The molecule has 0 amide bonds. The molecule has 2 rings (SSSR count). The lowest BCUT2D eigenvalue weighted by molar-refractivity contribution is 0.191. The van der Waals surface area contributed by atoms with Crippen LogP contribution < -0.4 is 5.32 Å². The van der Waals surface area contributed by atoms with Gasteiger partial charge in [-0.25, -0.2) is 4.98 Å². The molecule has 1 aliphatic heterocycles. The lowest BCUT2D eigenvalue weighted by atomic mass is 9.92. The largest absolute Gasteiger partial charge is 0.310 e. The smallest absolute Gasteiger partial charge is 0.107 e. The van der Waals surface area contributed by atoms with Gasteiger partial charge in [-0.15, -0.1) is 11.3 Å². The SMILES string of the molecule is CCC1(CC)CN(Cc2ncc(C)s2)CCCN1. The first-order valence-electron chi connectivity index (χ1n) is 7.06. The van der Waals surface area contributed by atoms with Crippen molar-refractivity contribution < 1.29 is 0 Å². The van der Waals surface area contributed by atoms with Crippen LogP contribution in [0.2, 0.25) is 0 Å². The van der Waals surface area contributed by atoms with E-state index in [1.165, 1.54) is 35.7 Å². The minimum absolute atomic E-state index is 0.308. The van der Waals surface area contributed by atoms with Crippen molar-refractivity contribution in [2.45, 2.75) is 52.1 Å². The predicted octanol–water partition coefficient (Wildman–Crippen LogP) is 2.81. The Labute approximate surface area is 115 Å². The van der Waals surface area contributed by atoms with Gasteiger partial charge in [0.1, 0.15) is 5.01 Å². The van der Waals surface area contributed by atoms with Crippen LogP contribution in [0.15, 0.2) is 6.20 Å². The Kier molecular flexibility index (Phi) is 4.76. The second-order valence-electron chi connectivity index (χ2n) is 5.34. The van der Waals surface area contributed by atoms with Crippen molar-refractivity contribution in [1.29, 1.82) is 0 Å². The third-order valence-electron chi connectivity index (χ3n) is 4.06. The average Bonchev–Trinajstić information content (AvgIpc) is 2.66. The summed E-state index contributed by atoms with van der Waals surface area (Å²) in [5, 5.41) is 5.02. The Morgan fingerprint density at radius 3 is 2.83 bits per heavy atom. The molecule has 102 valence electrons. The van der Waals surface area contributed by atoms with Crippen LogP contribution in [0.1, 0.15) is 43.0 Å². The van der Waals surface area contributed by atoms with Crippen molar-refractivity contribution in [1.82, 2.24) is 15.2 Å². The number of hydrogen-bond acceptors (Lipinski definition) is 4. The fraction of sp³-hybridized carbons (Fsp3) is 0.786. The number of nitrogens with zero attached hydrogens (tertiary/aromatic N) is 2. The summed E-state index contributed by atoms with van der Waals surface area (Å²) in [6.45, 7) is 11.2. The van der Waals surface area contributed by atoms with Crippen LogP contribution in [0.5, 0.6) is 0 Å². The minimum Gasteiger partial charge on any atom is -0.310 e. The number of aryl methyl sites for hydroxylation is 1. The highest BCUT2D eigenvalue weighted by Crippen LogP contribution is 2.22. The van der Waals surface area contributed by atoms with Gasteiger partial charge in [0.15, 0.2) is 0 Å². The van der Waals surface area contributed by atoms with Crippen molar-refractivity contribution >= 4 is 11.3 Å². The third-order valence-corrected chi connectivity index (χ3v) is 4.96. The van der Waals surface area contributed by atoms with Gasteiger partial charge in [-0.2, -0.15) is 0 Å². The van der Waals surface area contributed by atoms with Crippen LogP contribution >= 0.6 is 11.3 Å². The molecule has 0 atom stereocenters. The molecule has 1 fully saturated rings. The van der Waals surface area contributed by atoms with E-state index in [0.717, 1.165) is 19.6 Å². The van der Waals surface area contributed by atoms with E-state index in [1.807, 2.05) is 17.5 Å². The summed E-state index contributed by atoms with van der Waals surface area (Å²) in [4.78, 5) is 8.39. The van der Waals surface area contributed by atoms with Crippen molar-refractivity contribution in [3.8, 4) is 0 Å². The zero-order chi connectivity index (χ0) is 13.0. The Hall–Kier alpha value is -0.450. The Morgan fingerprint density at radius 1 is 1.44 bits per heavy atom. The Morgan fingerprint density at radius 2 is 2.22 bits per heavy atom. The molecule has 2 heterocycles. The molecule has 0 radical (unpaired) electrons. The fourth-order valence-electron chi connectivity index (χ4n) is 2.74. The summed E-state index contributed by atoms with van der Waals surface area (Å²) in [5.74, 6) is 0. The number of rotatable bonds is 4. The molecular formula is C14H25N3S. The molecule has 4 heteroatoms. The van der Waals surface area contributed by atoms with Crippen LogP contribution in [0.3, 0.4) is 0 Å². The van der Waals surface area contributed by atoms with Gasteiger partial charge in [-0.05, 0) is 39.3 Å². The maximum atomic E-state index is 4.50. The molecule has 1 aromatic heterocycles. The lowest BCUT2D eigenvalue weighted by Gasteiger charge is -2.35. The van der Waals surface area contributed by atoms with Gasteiger partial charge in [0.05, 0.1) is 6.54 Å². The minimum atomic E-state index is 0.308. The standard InChI is InChI=1S/C14H25N3S/c1-4-14(5-2)11-17(8-6-7-16-14)10-13-15-9-12(3)18-13/h9,16H,4-8,10-11H2,1-3H3. The topological polar surface area (TPSA) is 28.2 Å². The van der Waals surface area contributed by atoms with E-state index in [2.05, 4.69) is 36.0 Å².